The molecule has 0 bridgehead atoms. The largest absolute Gasteiger partial charge is 0.490 e. The molecule has 7 nitrogen and oxygen atoms in total. The maximum absolute atomic E-state index is 10.7. The molecule has 18 heavy (non-hydrogen) atoms. The third-order valence-corrected chi connectivity index (χ3v) is 2.38. The predicted molar refractivity (Wildman–Crippen MR) is 63.0 cm³/mol. The van der Waals surface area contributed by atoms with Crippen molar-refractivity contribution in [3.63, 3.8) is 0 Å². The van der Waals surface area contributed by atoms with E-state index in [1.807, 2.05) is 0 Å². The predicted octanol–water partition coefficient (Wildman–Crippen LogP) is 1.72. The first-order valence-corrected chi connectivity index (χ1v) is 5.13. The fourth-order valence-electron chi connectivity index (χ4n) is 1.49. The van der Waals surface area contributed by atoms with E-state index in [1.54, 1.807) is 6.07 Å². The smallest absolute Gasteiger partial charge is 0.310 e. The zero-order valence-electron chi connectivity index (χ0n) is 9.62. The average molecular weight is 249 g/mol. The molecule has 2 aromatic rings. The molecule has 0 unspecified atom stereocenters. The zero-order valence-corrected chi connectivity index (χ0v) is 9.62. The van der Waals surface area contributed by atoms with Crippen LogP contribution >= 0.6 is 0 Å². The lowest BCUT2D eigenvalue weighted by atomic mass is 10.2. The minimum atomic E-state index is -0.510. The zero-order chi connectivity index (χ0) is 13.1. The van der Waals surface area contributed by atoms with Gasteiger partial charge in [0.2, 0.25) is 5.89 Å². The molecule has 2 N–H and O–H groups in total. The van der Waals surface area contributed by atoms with Crippen molar-refractivity contribution in [1.29, 1.82) is 0 Å². The fraction of sp³-hybridized carbons (Fsp3) is 0.182. The first kappa shape index (κ1) is 12.1. The molecular weight excluding hydrogens is 238 g/mol. The molecule has 7 heteroatoms. The SMILES string of the molecule is COc1cc(-c2nc(CN)co2)ccc1[N+](=O)[O-]. The van der Waals surface area contributed by atoms with Crippen LogP contribution in [0.25, 0.3) is 11.5 Å². The van der Waals surface area contributed by atoms with Gasteiger partial charge in [-0.05, 0) is 12.1 Å². The topological polar surface area (TPSA) is 104 Å². The van der Waals surface area contributed by atoms with E-state index in [0.717, 1.165) is 0 Å². The highest BCUT2D eigenvalue weighted by atomic mass is 16.6. The van der Waals surface area contributed by atoms with E-state index in [-0.39, 0.29) is 18.0 Å². The van der Waals surface area contributed by atoms with Crippen LogP contribution in [0, 0.1) is 10.1 Å². The van der Waals surface area contributed by atoms with Gasteiger partial charge in [-0.2, -0.15) is 0 Å². The van der Waals surface area contributed by atoms with Crippen LogP contribution in [-0.4, -0.2) is 17.0 Å². The number of nitrogens with two attached hydrogens (primary N) is 1. The van der Waals surface area contributed by atoms with E-state index in [0.29, 0.717) is 17.1 Å². The highest BCUT2D eigenvalue weighted by molar-refractivity contribution is 5.62. The molecule has 1 aromatic heterocycles. The Morgan fingerprint density at radius 3 is 2.89 bits per heavy atom. The number of nitro benzene ring substituents is 1. The van der Waals surface area contributed by atoms with Gasteiger partial charge in [-0.1, -0.05) is 0 Å². The lowest BCUT2D eigenvalue weighted by Gasteiger charge is -2.02. The van der Waals surface area contributed by atoms with Crippen LogP contribution in [0.3, 0.4) is 0 Å². The summed E-state index contributed by atoms with van der Waals surface area (Å²) in [6.45, 7) is 0.271. The minimum Gasteiger partial charge on any atom is -0.490 e. The molecule has 0 aliphatic carbocycles. The second kappa shape index (κ2) is 4.84. The number of oxazole rings is 1. The van der Waals surface area contributed by atoms with Crippen LogP contribution in [0.15, 0.2) is 28.9 Å². The van der Waals surface area contributed by atoms with Crippen molar-refractivity contribution in [1.82, 2.24) is 4.98 Å². The Bertz CT molecular complexity index is 579. The van der Waals surface area contributed by atoms with Gasteiger partial charge in [0.25, 0.3) is 0 Å². The van der Waals surface area contributed by atoms with E-state index < -0.39 is 4.92 Å². The monoisotopic (exact) mass is 249 g/mol. The molecule has 0 aliphatic rings. The van der Waals surface area contributed by atoms with E-state index in [4.69, 9.17) is 14.9 Å². The van der Waals surface area contributed by atoms with Gasteiger partial charge in [0.1, 0.15) is 6.26 Å². The van der Waals surface area contributed by atoms with Crippen molar-refractivity contribution in [2.45, 2.75) is 6.54 Å². The summed E-state index contributed by atoms with van der Waals surface area (Å²) in [6, 6.07) is 4.40. The van der Waals surface area contributed by atoms with E-state index in [9.17, 15) is 10.1 Å². The standard InChI is InChI=1S/C11H11N3O4/c1-17-10-4-7(2-3-9(10)14(15)16)11-13-8(5-12)6-18-11/h2-4,6H,5,12H2,1H3. The van der Waals surface area contributed by atoms with Gasteiger partial charge in [0.05, 0.1) is 17.7 Å². The maximum atomic E-state index is 10.7. The number of rotatable bonds is 4. The Hall–Kier alpha value is -2.41. The first-order chi connectivity index (χ1) is 8.65. The van der Waals surface area contributed by atoms with Crippen molar-refractivity contribution >= 4 is 5.69 Å². The molecule has 94 valence electrons. The van der Waals surface area contributed by atoms with Crippen LogP contribution in [0.5, 0.6) is 5.75 Å². The highest BCUT2D eigenvalue weighted by Crippen LogP contribution is 2.31. The Balaban J connectivity index is 2.43. The van der Waals surface area contributed by atoms with Gasteiger partial charge in [-0.3, -0.25) is 10.1 Å². The van der Waals surface area contributed by atoms with E-state index in [1.165, 1.54) is 25.5 Å². The third kappa shape index (κ3) is 2.16. The van der Waals surface area contributed by atoms with Gasteiger partial charge in [0.15, 0.2) is 5.75 Å². The molecule has 0 fully saturated rings. The lowest BCUT2D eigenvalue weighted by Crippen LogP contribution is -1.96. The van der Waals surface area contributed by atoms with Crippen molar-refractivity contribution in [3.05, 3.63) is 40.3 Å². The number of hydrogen-bond donors (Lipinski definition) is 1. The molecule has 0 amide bonds. The first-order valence-electron chi connectivity index (χ1n) is 5.13. The number of nitrogens with zero attached hydrogens (tertiary/aromatic N) is 2. The van der Waals surface area contributed by atoms with Crippen molar-refractivity contribution in [2.24, 2.45) is 5.73 Å². The molecule has 0 aliphatic heterocycles. The lowest BCUT2D eigenvalue weighted by molar-refractivity contribution is -0.385. The van der Waals surface area contributed by atoms with E-state index in [2.05, 4.69) is 4.98 Å². The summed E-state index contributed by atoms with van der Waals surface area (Å²) in [5.74, 6) is 0.508. The van der Waals surface area contributed by atoms with Crippen LogP contribution in [-0.2, 0) is 6.54 Å². The molecule has 0 radical (unpaired) electrons. The molecule has 1 aromatic carbocycles. The number of hydrogen-bond acceptors (Lipinski definition) is 6. The van der Waals surface area contributed by atoms with Crippen LogP contribution in [0.4, 0.5) is 5.69 Å². The van der Waals surface area contributed by atoms with Gasteiger partial charge < -0.3 is 14.9 Å². The van der Waals surface area contributed by atoms with Crippen LogP contribution in [0.2, 0.25) is 0 Å². The van der Waals surface area contributed by atoms with Crippen LogP contribution < -0.4 is 10.5 Å². The summed E-state index contributed by atoms with van der Waals surface area (Å²) in [6.07, 6.45) is 1.45. The molecule has 2 rings (SSSR count). The summed E-state index contributed by atoms with van der Waals surface area (Å²) in [5, 5.41) is 10.7. The van der Waals surface area contributed by atoms with Crippen LogP contribution in [0.1, 0.15) is 5.69 Å². The Morgan fingerprint density at radius 1 is 1.56 bits per heavy atom. The Morgan fingerprint density at radius 2 is 2.33 bits per heavy atom. The summed E-state index contributed by atoms with van der Waals surface area (Å²) >= 11 is 0. The summed E-state index contributed by atoms with van der Waals surface area (Å²) < 4.78 is 10.2. The number of benzene rings is 1. The van der Waals surface area contributed by atoms with Gasteiger partial charge in [-0.25, -0.2) is 4.98 Å². The minimum absolute atomic E-state index is 0.105. The molecule has 0 saturated heterocycles. The average Bonchev–Trinajstić information content (AvgIpc) is 2.86. The normalized spacial score (nSPS) is 10.3. The highest BCUT2D eigenvalue weighted by Gasteiger charge is 2.17. The molecular formula is C11H11N3O4. The summed E-state index contributed by atoms with van der Waals surface area (Å²) in [5.41, 5.74) is 6.53. The maximum Gasteiger partial charge on any atom is 0.310 e. The summed E-state index contributed by atoms with van der Waals surface area (Å²) in [4.78, 5) is 14.4. The van der Waals surface area contributed by atoms with Crippen molar-refractivity contribution < 1.29 is 14.1 Å². The van der Waals surface area contributed by atoms with Gasteiger partial charge in [-0.15, -0.1) is 0 Å². The number of ether oxygens (including phenoxy) is 1. The second-order valence-corrected chi connectivity index (χ2v) is 3.49. The Kier molecular flexibility index (Phi) is 3.24. The third-order valence-electron chi connectivity index (χ3n) is 2.38. The van der Waals surface area contributed by atoms with Crippen molar-refractivity contribution in [2.75, 3.05) is 7.11 Å². The quantitative estimate of drug-likeness (QED) is 0.653. The molecule has 1 heterocycles. The molecule has 0 spiro atoms. The number of methoxy groups -OCH3 is 1. The molecule has 0 saturated carbocycles. The second-order valence-electron chi connectivity index (χ2n) is 3.49. The Labute approximate surface area is 102 Å². The molecule has 0 atom stereocenters. The van der Waals surface area contributed by atoms with Gasteiger partial charge in [0, 0.05) is 18.2 Å². The van der Waals surface area contributed by atoms with Gasteiger partial charge >= 0.3 is 5.69 Å². The van der Waals surface area contributed by atoms with E-state index >= 15 is 0 Å². The fourth-order valence-corrected chi connectivity index (χ4v) is 1.49. The number of nitro groups is 1. The number of aromatic nitrogens is 1. The van der Waals surface area contributed by atoms with Crippen molar-refractivity contribution in [3.8, 4) is 17.2 Å². The summed E-state index contributed by atoms with van der Waals surface area (Å²) in [7, 11) is 1.37.